The summed E-state index contributed by atoms with van der Waals surface area (Å²) in [6, 6.07) is 10.9. The number of hydrogen-bond acceptors (Lipinski definition) is 11. The first-order chi connectivity index (χ1) is 16.4. The number of benzene rings is 2. The molecule has 1 amide bonds. The highest BCUT2D eigenvalue weighted by molar-refractivity contribution is 6.33. The highest BCUT2D eigenvalue weighted by Crippen LogP contribution is 2.29. The van der Waals surface area contributed by atoms with Crippen molar-refractivity contribution >= 4 is 35.2 Å². The van der Waals surface area contributed by atoms with E-state index in [1.54, 1.807) is 24.3 Å². The average molecular weight is 484 g/mol. The van der Waals surface area contributed by atoms with Gasteiger partial charge in [0.15, 0.2) is 5.69 Å². The number of nitro benzene ring substituents is 1. The summed E-state index contributed by atoms with van der Waals surface area (Å²) in [7, 11) is 1.49. The van der Waals surface area contributed by atoms with Crippen LogP contribution in [-0.4, -0.2) is 49.5 Å². The van der Waals surface area contributed by atoms with Crippen LogP contribution >= 0.6 is 11.6 Å². The van der Waals surface area contributed by atoms with Crippen LogP contribution < -0.4 is 15.9 Å². The number of nitrogen functional groups attached to an aromatic ring is 1. The third kappa shape index (κ3) is 4.24. The zero-order valence-corrected chi connectivity index (χ0v) is 18.0. The second-order valence-electron chi connectivity index (χ2n) is 6.53. The molecule has 0 unspecified atom stereocenters. The van der Waals surface area contributed by atoms with E-state index in [0.29, 0.717) is 11.3 Å². The first kappa shape index (κ1) is 22.3. The van der Waals surface area contributed by atoms with Crippen LogP contribution in [-0.2, 0) is 0 Å². The molecule has 0 aliphatic heterocycles. The van der Waals surface area contributed by atoms with Crippen molar-refractivity contribution < 1.29 is 19.1 Å². The third-order valence-electron chi connectivity index (χ3n) is 4.51. The number of carbonyl (C=O) groups is 1. The number of halogens is 1. The van der Waals surface area contributed by atoms with Gasteiger partial charge in [0.1, 0.15) is 11.4 Å². The lowest BCUT2D eigenvalue weighted by atomic mass is 10.1. The number of hydrogen-bond donors (Lipinski definition) is 2. The summed E-state index contributed by atoms with van der Waals surface area (Å²) in [5.74, 6) is -0.332. The van der Waals surface area contributed by atoms with E-state index in [1.807, 2.05) is 0 Å². The number of rotatable bonds is 7. The Balaban J connectivity index is 1.72. The fraction of sp³-hybridized carbons (Fsp3) is 0.0526. The van der Waals surface area contributed by atoms with Crippen molar-refractivity contribution in [3.05, 3.63) is 68.9 Å². The maximum atomic E-state index is 12.9. The van der Waals surface area contributed by atoms with Gasteiger partial charge in [-0.05, 0) is 28.5 Å². The Kier molecular flexibility index (Phi) is 6.13. The fourth-order valence-corrected chi connectivity index (χ4v) is 3.19. The van der Waals surface area contributed by atoms with Gasteiger partial charge in [-0.3, -0.25) is 14.9 Å². The standard InChI is InChI=1S/C19H14ClN9O5/c1-33-11-5-2-4-10(8-11)16-15(23-27-28(16)18-17(21)25-34-26-18)19(30)24-22-9-12-13(20)6-3-7-14(12)29(31)32/h2-9H,1H3,(H2,21,25)(H,24,30)/b22-9-. The highest BCUT2D eigenvalue weighted by Gasteiger charge is 2.25. The highest BCUT2D eigenvalue weighted by atomic mass is 35.5. The Hall–Kier alpha value is -4.85. The predicted octanol–water partition coefficient (Wildman–Crippen LogP) is 2.23. The zero-order valence-electron chi connectivity index (χ0n) is 17.2. The summed E-state index contributed by atoms with van der Waals surface area (Å²) in [5, 5.41) is 30.2. The van der Waals surface area contributed by atoms with Crippen LogP contribution in [0.3, 0.4) is 0 Å². The molecule has 0 spiro atoms. The van der Waals surface area contributed by atoms with E-state index < -0.39 is 10.8 Å². The molecule has 4 aromatic rings. The van der Waals surface area contributed by atoms with Crippen LogP contribution in [0.4, 0.5) is 11.5 Å². The molecule has 15 heteroatoms. The van der Waals surface area contributed by atoms with Gasteiger partial charge in [-0.2, -0.15) is 9.78 Å². The van der Waals surface area contributed by atoms with E-state index in [1.165, 1.54) is 30.0 Å². The molecule has 2 aromatic carbocycles. The number of hydrazone groups is 1. The van der Waals surface area contributed by atoms with E-state index in [0.717, 1.165) is 6.21 Å². The van der Waals surface area contributed by atoms with Gasteiger partial charge in [0.05, 0.1) is 28.8 Å². The third-order valence-corrected chi connectivity index (χ3v) is 4.84. The summed E-state index contributed by atoms with van der Waals surface area (Å²) >= 11 is 6.04. The fourth-order valence-electron chi connectivity index (χ4n) is 2.97. The van der Waals surface area contributed by atoms with Gasteiger partial charge < -0.3 is 10.5 Å². The predicted molar refractivity (Wildman–Crippen MR) is 119 cm³/mol. The topological polar surface area (TPSA) is 189 Å². The minimum atomic E-state index is -0.773. The van der Waals surface area contributed by atoms with E-state index >= 15 is 0 Å². The lowest BCUT2D eigenvalue weighted by molar-refractivity contribution is -0.385. The molecule has 3 N–H and O–H groups in total. The Labute approximate surface area is 195 Å². The zero-order chi connectivity index (χ0) is 24.2. The molecule has 0 fully saturated rings. The number of carbonyl (C=O) groups excluding carboxylic acids is 1. The molecule has 0 bridgehead atoms. The Morgan fingerprint density at radius 1 is 1.32 bits per heavy atom. The van der Waals surface area contributed by atoms with Crippen LogP contribution in [0.25, 0.3) is 17.1 Å². The van der Waals surface area contributed by atoms with Gasteiger partial charge in [-0.25, -0.2) is 10.1 Å². The van der Waals surface area contributed by atoms with Gasteiger partial charge in [0.2, 0.25) is 11.6 Å². The first-order valence-corrected chi connectivity index (χ1v) is 9.73. The van der Waals surface area contributed by atoms with E-state index in [9.17, 15) is 14.9 Å². The Bertz CT molecular complexity index is 1410. The molecule has 0 saturated carbocycles. The second kappa shape index (κ2) is 9.33. The summed E-state index contributed by atoms with van der Waals surface area (Å²) in [6.07, 6.45) is 1.06. The maximum absolute atomic E-state index is 12.9. The molecule has 14 nitrogen and oxygen atoms in total. The van der Waals surface area contributed by atoms with Crippen molar-refractivity contribution in [2.24, 2.45) is 5.10 Å². The van der Waals surface area contributed by atoms with Gasteiger partial charge in [0, 0.05) is 11.6 Å². The Morgan fingerprint density at radius 3 is 2.82 bits per heavy atom. The number of anilines is 1. The van der Waals surface area contributed by atoms with Crippen molar-refractivity contribution in [1.82, 2.24) is 30.7 Å². The number of nitrogens with zero attached hydrogens (tertiary/aromatic N) is 7. The Morgan fingerprint density at radius 2 is 2.12 bits per heavy atom. The van der Waals surface area contributed by atoms with Gasteiger partial charge in [-0.1, -0.05) is 35.0 Å². The molecule has 2 heterocycles. The number of ether oxygens (including phenoxy) is 1. The monoisotopic (exact) mass is 483 g/mol. The second-order valence-corrected chi connectivity index (χ2v) is 6.94. The molecule has 172 valence electrons. The van der Waals surface area contributed by atoms with Crippen molar-refractivity contribution in [3.8, 4) is 22.8 Å². The first-order valence-electron chi connectivity index (χ1n) is 9.35. The summed E-state index contributed by atoms with van der Waals surface area (Å²) < 4.78 is 11.1. The molecule has 4 rings (SSSR count). The van der Waals surface area contributed by atoms with Crippen LogP contribution in [0.2, 0.25) is 5.02 Å². The van der Waals surface area contributed by atoms with Gasteiger partial charge in [-0.15, -0.1) is 5.10 Å². The smallest absolute Gasteiger partial charge is 0.294 e. The number of nitrogens with two attached hydrogens (primary N) is 1. The minimum Gasteiger partial charge on any atom is -0.497 e. The van der Waals surface area contributed by atoms with Crippen molar-refractivity contribution in [3.63, 3.8) is 0 Å². The van der Waals surface area contributed by atoms with Crippen molar-refractivity contribution in [2.45, 2.75) is 0 Å². The summed E-state index contributed by atoms with van der Waals surface area (Å²) in [6.45, 7) is 0. The minimum absolute atomic E-state index is 0.0135. The van der Waals surface area contributed by atoms with Crippen LogP contribution in [0, 0.1) is 10.1 Å². The molecule has 0 radical (unpaired) electrons. The number of nitro groups is 1. The average Bonchev–Trinajstić information content (AvgIpc) is 3.45. The van der Waals surface area contributed by atoms with E-state index in [4.69, 9.17) is 22.1 Å². The number of amides is 1. The molecule has 0 atom stereocenters. The summed E-state index contributed by atoms with van der Waals surface area (Å²) in [5.41, 5.74) is 8.33. The van der Waals surface area contributed by atoms with Gasteiger partial charge >= 0.3 is 0 Å². The molecular formula is C19H14ClN9O5. The van der Waals surface area contributed by atoms with Crippen LogP contribution in [0.15, 0.2) is 52.2 Å². The molecule has 0 aliphatic rings. The van der Waals surface area contributed by atoms with Crippen molar-refractivity contribution in [1.29, 1.82) is 0 Å². The molecule has 0 aliphatic carbocycles. The lowest BCUT2D eigenvalue weighted by Crippen LogP contribution is -2.19. The van der Waals surface area contributed by atoms with E-state index in [2.05, 4.69) is 35.8 Å². The number of nitrogens with one attached hydrogen (secondary N) is 1. The number of aromatic nitrogens is 5. The molecule has 0 saturated heterocycles. The normalized spacial score (nSPS) is 11.0. The van der Waals surface area contributed by atoms with Crippen molar-refractivity contribution in [2.75, 3.05) is 12.8 Å². The summed E-state index contributed by atoms with van der Waals surface area (Å²) in [4.78, 5) is 23.5. The van der Waals surface area contributed by atoms with Crippen LogP contribution in [0.1, 0.15) is 16.1 Å². The molecular weight excluding hydrogens is 470 g/mol. The largest absolute Gasteiger partial charge is 0.497 e. The lowest BCUT2D eigenvalue weighted by Gasteiger charge is -2.07. The maximum Gasteiger partial charge on any atom is 0.294 e. The van der Waals surface area contributed by atoms with Crippen LogP contribution in [0.5, 0.6) is 5.75 Å². The number of methoxy groups -OCH3 is 1. The van der Waals surface area contributed by atoms with Gasteiger partial charge in [0.25, 0.3) is 11.6 Å². The molecule has 34 heavy (non-hydrogen) atoms. The molecule has 2 aromatic heterocycles. The van der Waals surface area contributed by atoms with E-state index in [-0.39, 0.29) is 39.3 Å². The SMILES string of the molecule is COc1cccc(-c2c(C(=O)N/N=C\c3c(Cl)cccc3[N+](=O)[O-])nnn2-c2nonc2N)c1. The quantitative estimate of drug-likeness (QED) is 0.224.